The third-order valence-electron chi connectivity index (χ3n) is 4.38. The number of amides is 1. The van der Waals surface area contributed by atoms with Crippen LogP contribution in [0, 0.1) is 0 Å². The van der Waals surface area contributed by atoms with Crippen molar-refractivity contribution in [2.24, 2.45) is 0 Å². The molecule has 21 heavy (non-hydrogen) atoms. The Morgan fingerprint density at radius 2 is 1.76 bits per heavy atom. The normalized spacial score (nSPS) is 28.0. The highest BCUT2D eigenvalue weighted by Gasteiger charge is 2.42. The molecule has 0 spiro atoms. The highest BCUT2D eigenvalue weighted by Crippen LogP contribution is 2.38. The van der Waals surface area contributed by atoms with Gasteiger partial charge in [-0.3, -0.25) is 4.79 Å². The van der Waals surface area contributed by atoms with Crippen molar-refractivity contribution in [2.45, 2.75) is 63.1 Å². The van der Waals surface area contributed by atoms with Crippen LogP contribution >= 0.6 is 11.6 Å². The van der Waals surface area contributed by atoms with Crippen LogP contribution in [-0.4, -0.2) is 34.4 Å². The fraction of sp³-hybridized carbons (Fsp3) is 0.588. The lowest BCUT2D eigenvalue weighted by atomic mass is 10.0. The van der Waals surface area contributed by atoms with E-state index in [9.17, 15) is 4.79 Å². The molecule has 1 amide bonds. The second-order valence-corrected chi connectivity index (χ2v) is 6.97. The van der Waals surface area contributed by atoms with Crippen LogP contribution in [0.4, 0.5) is 0 Å². The minimum Gasteiger partial charge on any atom is -0.491 e. The van der Waals surface area contributed by atoms with Gasteiger partial charge in [-0.2, -0.15) is 0 Å². The molecule has 1 aromatic rings. The Labute approximate surface area is 131 Å². The van der Waals surface area contributed by atoms with Crippen molar-refractivity contribution in [1.29, 1.82) is 0 Å². The molecule has 2 aliphatic rings. The summed E-state index contributed by atoms with van der Waals surface area (Å²) in [4.78, 5) is 14.8. The van der Waals surface area contributed by atoms with Crippen molar-refractivity contribution in [3.63, 3.8) is 0 Å². The van der Waals surface area contributed by atoms with Gasteiger partial charge < -0.3 is 9.64 Å². The number of carbonyl (C=O) groups is 1. The van der Waals surface area contributed by atoms with Crippen molar-refractivity contribution in [2.75, 3.05) is 0 Å². The third kappa shape index (κ3) is 3.03. The van der Waals surface area contributed by atoms with E-state index in [-0.39, 0.29) is 17.4 Å². The van der Waals surface area contributed by atoms with Crippen LogP contribution in [0.2, 0.25) is 0 Å². The first-order valence-corrected chi connectivity index (χ1v) is 8.21. The van der Waals surface area contributed by atoms with Gasteiger partial charge in [0.1, 0.15) is 5.75 Å². The zero-order valence-corrected chi connectivity index (χ0v) is 13.3. The Morgan fingerprint density at radius 1 is 1.19 bits per heavy atom. The minimum atomic E-state index is 0.141. The number of ether oxygens (including phenoxy) is 1. The number of piperidine rings is 1. The molecule has 3 nitrogen and oxygen atoms in total. The van der Waals surface area contributed by atoms with Crippen LogP contribution in [0.1, 0.15) is 49.9 Å². The van der Waals surface area contributed by atoms with Gasteiger partial charge in [0.05, 0.1) is 6.10 Å². The summed E-state index contributed by atoms with van der Waals surface area (Å²) in [5.41, 5.74) is 0.746. The van der Waals surface area contributed by atoms with Crippen molar-refractivity contribution in [3.8, 4) is 5.75 Å². The van der Waals surface area contributed by atoms with Crippen LogP contribution in [0.25, 0.3) is 0 Å². The second-order valence-electron chi connectivity index (χ2n) is 6.36. The molecule has 0 N–H and O–H groups in total. The van der Waals surface area contributed by atoms with Crippen molar-refractivity contribution in [3.05, 3.63) is 29.8 Å². The Hall–Kier alpha value is -1.22. The molecule has 0 aromatic heterocycles. The maximum atomic E-state index is 12.7. The van der Waals surface area contributed by atoms with Crippen LogP contribution < -0.4 is 4.74 Å². The third-order valence-corrected chi connectivity index (χ3v) is 4.74. The molecule has 0 radical (unpaired) electrons. The lowest BCUT2D eigenvalue weighted by Gasteiger charge is -2.37. The number of fused-ring (bicyclic) bond motifs is 2. The molecule has 2 unspecified atom stereocenters. The van der Waals surface area contributed by atoms with E-state index in [0.29, 0.717) is 12.1 Å². The average molecular weight is 308 g/mol. The Morgan fingerprint density at radius 3 is 2.29 bits per heavy atom. The highest BCUT2D eigenvalue weighted by molar-refractivity contribution is 6.20. The Balaban J connectivity index is 1.73. The summed E-state index contributed by atoms with van der Waals surface area (Å²) in [5, 5.41) is 0.230. The van der Waals surface area contributed by atoms with Crippen molar-refractivity contribution in [1.82, 2.24) is 4.90 Å². The molecular weight excluding hydrogens is 286 g/mol. The molecule has 4 heteroatoms. The highest BCUT2D eigenvalue weighted by atomic mass is 35.5. The van der Waals surface area contributed by atoms with Crippen LogP contribution in [0.15, 0.2) is 24.3 Å². The van der Waals surface area contributed by atoms with Gasteiger partial charge in [0.15, 0.2) is 0 Å². The van der Waals surface area contributed by atoms with Gasteiger partial charge in [-0.1, -0.05) is 0 Å². The van der Waals surface area contributed by atoms with E-state index in [1.165, 1.54) is 0 Å². The minimum absolute atomic E-state index is 0.141. The number of halogens is 1. The van der Waals surface area contributed by atoms with E-state index in [2.05, 4.69) is 4.90 Å². The van der Waals surface area contributed by atoms with E-state index in [4.69, 9.17) is 16.3 Å². The van der Waals surface area contributed by atoms with Crippen molar-refractivity contribution >= 4 is 17.5 Å². The van der Waals surface area contributed by atoms with E-state index < -0.39 is 0 Å². The summed E-state index contributed by atoms with van der Waals surface area (Å²) < 4.78 is 5.62. The lowest BCUT2D eigenvalue weighted by molar-refractivity contribution is 0.0599. The van der Waals surface area contributed by atoms with E-state index in [1.54, 1.807) is 0 Å². The zero-order chi connectivity index (χ0) is 15.0. The number of rotatable bonds is 3. The van der Waals surface area contributed by atoms with E-state index in [0.717, 1.165) is 37.0 Å². The summed E-state index contributed by atoms with van der Waals surface area (Å²) in [6.07, 6.45) is 4.18. The summed E-state index contributed by atoms with van der Waals surface area (Å²) in [6.45, 7) is 3.99. The number of nitrogens with zero attached hydrogens (tertiary/aromatic N) is 1. The average Bonchev–Trinajstić information content (AvgIpc) is 2.70. The van der Waals surface area contributed by atoms with Gasteiger partial charge in [-0.05, 0) is 63.8 Å². The predicted octanol–water partition coefficient (Wildman–Crippen LogP) is 3.85. The van der Waals surface area contributed by atoms with Gasteiger partial charge in [0, 0.05) is 23.0 Å². The van der Waals surface area contributed by atoms with Crippen LogP contribution in [-0.2, 0) is 0 Å². The first-order chi connectivity index (χ1) is 10.0. The van der Waals surface area contributed by atoms with Gasteiger partial charge in [-0.25, -0.2) is 0 Å². The fourth-order valence-corrected chi connectivity index (χ4v) is 3.95. The van der Waals surface area contributed by atoms with Gasteiger partial charge in [0.25, 0.3) is 5.91 Å². The smallest absolute Gasteiger partial charge is 0.254 e. The summed E-state index contributed by atoms with van der Waals surface area (Å²) in [7, 11) is 0. The number of carbonyl (C=O) groups excluding carboxylic acids is 1. The molecule has 2 heterocycles. The number of hydrogen-bond acceptors (Lipinski definition) is 2. The first kappa shape index (κ1) is 14.7. The van der Waals surface area contributed by atoms with Gasteiger partial charge >= 0.3 is 0 Å². The molecule has 3 rings (SSSR count). The molecule has 2 bridgehead atoms. The molecule has 114 valence electrons. The monoisotopic (exact) mass is 307 g/mol. The SMILES string of the molecule is CC(C)Oc1ccc(C(=O)N2C3CCC2CC(Cl)C3)cc1. The number of benzene rings is 1. The predicted molar refractivity (Wildman–Crippen MR) is 84.1 cm³/mol. The van der Waals surface area contributed by atoms with E-state index in [1.807, 2.05) is 38.1 Å². The molecule has 2 saturated heterocycles. The molecular formula is C17H22ClNO2. The lowest BCUT2D eigenvalue weighted by Crippen LogP contribution is -2.46. The molecule has 2 atom stereocenters. The standard InChI is InChI=1S/C17H22ClNO2/c1-11(2)21-16-7-3-12(4-8-16)17(20)19-14-5-6-15(19)10-13(18)9-14/h3-4,7-8,11,13-15H,5-6,9-10H2,1-2H3. The summed E-state index contributed by atoms with van der Waals surface area (Å²) in [5.74, 6) is 0.950. The van der Waals surface area contributed by atoms with Crippen LogP contribution in [0.5, 0.6) is 5.75 Å². The summed E-state index contributed by atoms with van der Waals surface area (Å²) >= 11 is 6.28. The zero-order valence-electron chi connectivity index (χ0n) is 12.6. The summed E-state index contributed by atoms with van der Waals surface area (Å²) in [6, 6.07) is 8.14. The maximum absolute atomic E-state index is 12.7. The Bertz CT molecular complexity index is 500. The van der Waals surface area contributed by atoms with Gasteiger partial charge in [-0.15, -0.1) is 11.6 Å². The topological polar surface area (TPSA) is 29.5 Å². The molecule has 1 aromatic carbocycles. The number of hydrogen-bond donors (Lipinski definition) is 0. The number of alkyl halides is 1. The quantitative estimate of drug-likeness (QED) is 0.794. The fourth-order valence-electron chi connectivity index (χ4n) is 3.54. The molecule has 0 saturated carbocycles. The maximum Gasteiger partial charge on any atom is 0.254 e. The molecule has 2 fully saturated rings. The van der Waals surface area contributed by atoms with E-state index >= 15 is 0 Å². The molecule has 0 aliphatic carbocycles. The largest absolute Gasteiger partial charge is 0.491 e. The van der Waals surface area contributed by atoms with Crippen molar-refractivity contribution < 1.29 is 9.53 Å². The van der Waals surface area contributed by atoms with Crippen LogP contribution in [0.3, 0.4) is 0 Å². The Kier molecular flexibility index (Phi) is 4.12. The first-order valence-electron chi connectivity index (χ1n) is 7.78. The molecule has 2 aliphatic heterocycles. The second kappa shape index (κ2) is 5.88. The van der Waals surface area contributed by atoms with Gasteiger partial charge in [0.2, 0.25) is 0 Å².